The van der Waals surface area contributed by atoms with Crippen LogP contribution in [0.15, 0.2) is 41.9 Å². The molecule has 7 heteroatoms. The molecule has 6 nitrogen and oxygen atoms in total. The van der Waals surface area contributed by atoms with Crippen LogP contribution in [0.25, 0.3) is 0 Å². The standard InChI is InChI=1S/C18H21N3O3S/c22-16(20-18-19-8-9-25-18)11-21(10-14-6-7-14)17(23)13-24-12-15-4-2-1-3-5-15/h1-5,8-9,14H,6-7,10-13H2,(H,19,20,22). The number of nitrogens with zero attached hydrogens (tertiary/aromatic N) is 2. The first kappa shape index (κ1) is 17.6. The molecule has 132 valence electrons. The summed E-state index contributed by atoms with van der Waals surface area (Å²) in [6, 6.07) is 9.71. The van der Waals surface area contributed by atoms with E-state index in [1.165, 1.54) is 11.3 Å². The van der Waals surface area contributed by atoms with E-state index in [0.717, 1.165) is 18.4 Å². The van der Waals surface area contributed by atoms with Crippen molar-refractivity contribution in [1.29, 1.82) is 0 Å². The van der Waals surface area contributed by atoms with Crippen LogP contribution in [0.2, 0.25) is 0 Å². The molecule has 2 aromatic rings. The van der Waals surface area contributed by atoms with Gasteiger partial charge < -0.3 is 15.0 Å². The topological polar surface area (TPSA) is 71.5 Å². The number of thiazole rings is 1. The van der Waals surface area contributed by atoms with Crippen LogP contribution in [-0.4, -0.2) is 41.4 Å². The lowest BCUT2D eigenvalue weighted by molar-refractivity contribution is -0.139. The van der Waals surface area contributed by atoms with Gasteiger partial charge in [-0.15, -0.1) is 11.3 Å². The Bertz CT molecular complexity index is 687. The van der Waals surface area contributed by atoms with Crippen molar-refractivity contribution >= 4 is 28.3 Å². The minimum absolute atomic E-state index is 0.0217. The molecule has 0 radical (unpaired) electrons. The Morgan fingerprint density at radius 3 is 2.76 bits per heavy atom. The van der Waals surface area contributed by atoms with Gasteiger partial charge in [0.25, 0.3) is 0 Å². The third kappa shape index (κ3) is 5.95. The summed E-state index contributed by atoms with van der Waals surface area (Å²) in [6.07, 6.45) is 3.86. The lowest BCUT2D eigenvalue weighted by Gasteiger charge is -2.22. The van der Waals surface area contributed by atoms with Crippen LogP contribution >= 0.6 is 11.3 Å². The highest BCUT2D eigenvalue weighted by molar-refractivity contribution is 7.13. The molecule has 0 saturated heterocycles. The molecule has 1 fully saturated rings. The summed E-state index contributed by atoms with van der Waals surface area (Å²) in [4.78, 5) is 30.2. The molecule has 25 heavy (non-hydrogen) atoms. The number of anilines is 1. The largest absolute Gasteiger partial charge is 0.367 e. The highest BCUT2D eigenvalue weighted by Gasteiger charge is 2.28. The van der Waals surface area contributed by atoms with Crippen LogP contribution in [0.1, 0.15) is 18.4 Å². The zero-order chi connectivity index (χ0) is 17.5. The molecule has 3 rings (SSSR count). The molecule has 0 aliphatic heterocycles. The Kier molecular flexibility index (Phi) is 6.14. The number of ether oxygens (including phenoxy) is 1. The highest BCUT2D eigenvalue weighted by Crippen LogP contribution is 2.29. The number of benzene rings is 1. The quantitative estimate of drug-likeness (QED) is 0.747. The van der Waals surface area contributed by atoms with Crippen molar-refractivity contribution in [2.45, 2.75) is 19.4 Å². The number of rotatable bonds is 9. The van der Waals surface area contributed by atoms with Crippen LogP contribution in [-0.2, 0) is 20.9 Å². The number of amides is 2. The minimum atomic E-state index is -0.230. The average molecular weight is 359 g/mol. The van der Waals surface area contributed by atoms with Gasteiger partial charge in [-0.2, -0.15) is 0 Å². The van der Waals surface area contributed by atoms with Gasteiger partial charge >= 0.3 is 0 Å². The molecule has 0 spiro atoms. The molecular weight excluding hydrogens is 338 g/mol. The number of carbonyl (C=O) groups is 2. The SMILES string of the molecule is O=C(CN(CC1CC1)C(=O)COCc1ccccc1)Nc1nccs1. The number of carbonyl (C=O) groups excluding carboxylic acids is 2. The van der Waals surface area contributed by atoms with Gasteiger partial charge in [-0.25, -0.2) is 4.98 Å². The van der Waals surface area contributed by atoms with Crippen molar-refractivity contribution in [3.63, 3.8) is 0 Å². The average Bonchev–Trinajstić information content (AvgIpc) is 3.29. The fourth-order valence-electron chi connectivity index (χ4n) is 2.41. The predicted molar refractivity (Wildman–Crippen MR) is 96.1 cm³/mol. The second-order valence-electron chi connectivity index (χ2n) is 6.08. The van der Waals surface area contributed by atoms with E-state index >= 15 is 0 Å². The molecule has 1 heterocycles. The number of hydrogen-bond acceptors (Lipinski definition) is 5. The van der Waals surface area contributed by atoms with Crippen LogP contribution in [0.4, 0.5) is 5.13 Å². The zero-order valence-electron chi connectivity index (χ0n) is 13.9. The summed E-state index contributed by atoms with van der Waals surface area (Å²) in [5, 5.41) is 5.05. The van der Waals surface area contributed by atoms with Crippen LogP contribution in [0.3, 0.4) is 0 Å². The third-order valence-electron chi connectivity index (χ3n) is 3.88. The number of hydrogen-bond donors (Lipinski definition) is 1. The van der Waals surface area contributed by atoms with E-state index in [9.17, 15) is 9.59 Å². The third-order valence-corrected chi connectivity index (χ3v) is 4.57. The summed E-state index contributed by atoms with van der Waals surface area (Å²) in [5.74, 6) is 0.120. The molecule has 2 amide bonds. The van der Waals surface area contributed by atoms with E-state index in [2.05, 4.69) is 10.3 Å². The van der Waals surface area contributed by atoms with Gasteiger partial charge in [-0.05, 0) is 24.3 Å². The number of nitrogens with one attached hydrogen (secondary N) is 1. The molecule has 1 aliphatic carbocycles. The maximum Gasteiger partial charge on any atom is 0.249 e. The lowest BCUT2D eigenvalue weighted by Crippen LogP contribution is -2.41. The van der Waals surface area contributed by atoms with Crippen LogP contribution in [0, 0.1) is 5.92 Å². The van der Waals surface area contributed by atoms with Gasteiger partial charge in [-0.1, -0.05) is 30.3 Å². The first-order chi connectivity index (χ1) is 12.2. The second kappa shape index (κ2) is 8.73. The molecule has 1 saturated carbocycles. The fourth-order valence-corrected chi connectivity index (χ4v) is 2.95. The molecular formula is C18H21N3O3S. The summed E-state index contributed by atoms with van der Waals surface area (Å²) in [6.45, 7) is 1.00. The maximum atomic E-state index is 12.4. The minimum Gasteiger partial charge on any atom is -0.367 e. The Hall–Kier alpha value is -2.25. The molecule has 1 aromatic heterocycles. The normalized spacial score (nSPS) is 13.4. The first-order valence-electron chi connectivity index (χ1n) is 8.29. The maximum absolute atomic E-state index is 12.4. The van der Waals surface area contributed by atoms with Gasteiger partial charge in [0.1, 0.15) is 13.2 Å². The van der Waals surface area contributed by atoms with E-state index < -0.39 is 0 Å². The van der Waals surface area contributed by atoms with Crippen molar-refractivity contribution in [2.75, 3.05) is 25.0 Å². The van der Waals surface area contributed by atoms with Gasteiger partial charge in [0.2, 0.25) is 11.8 Å². The van der Waals surface area contributed by atoms with Crippen molar-refractivity contribution in [3.8, 4) is 0 Å². The van der Waals surface area contributed by atoms with Gasteiger partial charge in [0.15, 0.2) is 5.13 Å². The molecule has 0 atom stereocenters. The first-order valence-corrected chi connectivity index (χ1v) is 9.17. The van der Waals surface area contributed by atoms with Crippen molar-refractivity contribution < 1.29 is 14.3 Å². The van der Waals surface area contributed by atoms with E-state index in [1.807, 2.05) is 30.3 Å². The van der Waals surface area contributed by atoms with Crippen molar-refractivity contribution in [1.82, 2.24) is 9.88 Å². The second-order valence-corrected chi connectivity index (χ2v) is 6.98. The van der Waals surface area contributed by atoms with Gasteiger partial charge in [-0.3, -0.25) is 9.59 Å². The fraction of sp³-hybridized carbons (Fsp3) is 0.389. The van der Waals surface area contributed by atoms with Crippen LogP contribution < -0.4 is 5.32 Å². The monoisotopic (exact) mass is 359 g/mol. The van der Waals surface area contributed by atoms with Crippen molar-refractivity contribution in [3.05, 3.63) is 47.5 Å². The van der Waals surface area contributed by atoms with E-state index in [1.54, 1.807) is 16.5 Å². The Morgan fingerprint density at radius 1 is 1.28 bits per heavy atom. The smallest absolute Gasteiger partial charge is 0.249 e. The van der Waals surface area contributed by atoms with E-state index in [4.69, 9.17) is 4.74 Å². The predicted octanol–water partition coefficient (Wildman–Crippen LogP) is 2.54. The molecule has 1 N–H and O–H groups in total. The summed E-state index contributed by atoms with van der Waals surface area (Å²) in [7, 11) is 0. The molecule has 1 aliphatic rings. The van der Waals surface area contributed by atoms with Crippen LogP contribution in [0.5, 0.6) is 0 Å². The van der Waals surface area contributed by atoms with E-state index in [-0.39, 0.29) is 25.0 Å². The Morgan fingerprint density at radius 2 is 2.08 bits per heavy atom. The lowest BCUT2D eigenvalue weighted by atomic mass is 10.2. The zero-order valence-corrected chi connectivity index (χ0v) is 14.7. The number of aromatic nitrogens is 1. The Balaban J connectivity index is 1.48. The van der Waals surface area contributed by atoms with Gasteiger partial charge in [0.05, 0.1) is 6.61 Å². The van der Waals surface area contributed by atoms with Gasteiger partial charge in [0, 0.05) is 18.1 Å². The molecule has 1 aromatic carbocycles. The van der Waals surface area contributed by atoms with E-state index in [0.29, 0.717) is 24.2 Å². The molecule has 0 bridgehead atoms. The summed E-state index contributed by atoms with van der Waals surface area (Å²) in [5.41, 5.74) is 1.02. The Labute approximate surface area is 150 Å². The summed E-state index contributed by atoms with van der Waals surface area (Å²) < 4.78 is 5.52. The van der Waals surface area contributed by atoms with Crippen molar-refractivity contribution in [2.24, 2.45) is 5.92 Å². The highest BCUT2D eigenvalue weighted by atomic mass is 32.1. The molecule has 0 unspecified atom stereocenters. The summed E-state index contributed by atoms with van der Waals surface area (Å²) >= 11 is 1.35.